The van der Waals surface area contributed by atoms with E-state index in [-0.39, 0.29) is 43.7 Å². The van der Waals surface area contributed by atoms with Crippen LogP contribution in [0.5, 0.6) is 5.75 Å². The number of Topliss-reactive ketones (excluding diaryl/α,β-unsaturated/α-hetero) is 2. The van der Waals surface area contributed by atoms with Crippen LogP contribution >= 0.6 is 0 Å². The smallest absolute Gasteiger partial charge is 0.140 e. The van der Waals surface area contributed by atoms with Crippen LogP contribution in [0.4, 0.5) is 0 Å². The third-order valence-corrected chi connectivity index (χ3v) is 5.13. The van der Waals surface area contributed by atoms with Crippen molar-refractivity contribution in [2.24, 2.45) is 5.41 Å². The summed E-state index contributed by atoms with van der Waals surface area (Å²) in [5.41, 5.74) is 0.302. The van der Waals surface area contributed by atoms with Crippen molar-refractivity contribution in [1.29, 1.82) is 0 Å². The molecule has 2 aromatic carbocycles. The van der Waals surface area contributed by atoms with Crippen molar-refractivity contribution in [3.8, 4) is 5.75 Å². The highest BCUT2D eigenvalue weighted by atomic mass is 16.5. The van der Waals surface area contributed by atoms with Crippen molar-refractivity contribution >= 4 is 22.3 Å². The van der Waals surface area contributed by atoms with Crippen LogP contribution in [0.2, 0.25) is 0 Å². The van der Waals surface area contributed by atoms with Crippen molar-refractivity contribution < 1.29 is 29.6 Å². The molecular formula is C23H30O6. The first-order valence-electron chi connectivity index (χ1n) is 9.87. The summed E-state index contributed by atoms with van der Waals surface area (Å²) in [5.74, 6) is 0.799. The molecule has 1 aliphatic carbocycles. The topological polar surface area (TPSA) is 104 Å². The van der Waals surface area contributed by atoms with Gasteiger partial charge in [0, 0.05) is 29.7 Å². The minimum atomic E-state index is -0.708. The lowest BCUT2D eigenvalue weighted by Gasteiger charge is -2.24. The SMILES string of the molecule is CC(CO)(CO)CO.CCOc1ccc2ccccc2c1C1CC(=O)CC(=O)C1. The number of hydrogen-bond donors (Lipinski definition) is 3. The first-order valence-corrected chi connectivity index (χ1v) is 9.87. The Bertz CT molecular complexity index is 816. The number of ketones is 2. The lowest BCUT2D eigenvalue weighted by Crippen LogP contribution is -2.29. The summed E-state index contributed by atoms with van der Waals surface area (Å²) in [6, 6.07) is 12.0. The van der Waals surface area contributed by atoms with Crippen LogP contribution < -0.4 is 4.74 Å². The molecule has 0 aliphatic heterocycles. The third-order valence-electron chi connectivity index (χ3n) is 5.13. The Morgan fingerprint density at radius 2 is 1.55 bits per heavy atom. The number of fused-ring (bicyclic) bond motifs is 1. The Balaban J connectivity index is 0.000000321. The number of aliphatic hydroxyl groups is 3. The predicted molar refractivity (Wildman–Crippen MR) is 111 cm³/mol. The second-order valence-electron chi connectivity index (χ2n) is 7.78. The van der Waals surface area contributed by atoms with E-state index in [0.29, 0.717) is 19.4 Å². The van der Waals surface area contributed by atoms with Crippen LogP contribution in [0.3, 0.4) is 0 Å². The monoisotopic (exact) mass is 402 g/mol. The van der Waals surface area contributed by atoms with Crippen LogP contribution in [0.25, 0.3) is 10.8 Å². The highest BCUT2D eigenvalue weighted by molar-refractivity contribution is 6.03. The molecular weight excluding hydrogens is 372 g/mol. The van der Waals surface area contributed by atoms with Gasteiger partial charge in [-0.2, -0.15) is 0 Å². The van der Waals surface area contributed by atoms with E-state index in [1.54, 1.807) is 6.92 Å². The fourth-order valence-corrected chi connectivity index (χ4v) is 3.32. The van der Waals surface area contributed by atoms with E-state index in [1.807, 2.05) is 43.3 Å². The van der Waals surface area contributed by atoms with Crippen LogP contribution in [0.15, 0.2) is 36.4 Å². The fraction of sp³-hybridized carbons (Fsp3) is 0.478. The van der Waals surface area contributed by atoms with Gasteiger partial charge in [-0.3, -0.25) is 9.59 Å². The van der Waals surface area contributed by atoms with Gasteiger partial charge in [-0.05, 0) is 23.8 Å². The normalized spacial score (nSPS) is 15.2. The van der Waals surface area contributed by atoms with Crippen molar-refractivity contribution in [3.63, 3.8) is 0 Å². The Hall–Kier alpha value is -2.28. The van der Waals surface area contributed by atoms with Gasteiger partial charge in [-0.25, -0.2) is 0 Å². The number of carbonyl (C=O) groups excluding carboxylic acids is 2. The van der Waals surface area contributed by atoms with E-state index in [2.05, 4.69) is 0 Å². The zero-order chi connectivity index (χ0) is 21.4. The van der Waals surface area contributed by atoms with Gasteiger partial charge in [0.05, 0.1) is 32.8 Å². The summed E-state index contributed by atoms with van der Waals surface area (Å²) < 4.78 is 5.75. The zero-order valence-electron chi connectivity index (χ0n) is 17.1. The Kier molecular flexibility index (Phi) is 8.32. The van der Waals surface area contributed by atoms with Crippen LogP contribution in [0.1, 0.15) is 44.6 Å². The molecule has 158 valence electrons. The van der Waals surface area contributed by atoms with Crippen molar-refractivity contribution in [2.75, 3.05) is 26.4 Å². The van der Waals surface area contributed by atoms with Gasteiger partial charge in [-0.1, -0.05) is 37.3 Å². The first kappa shape index (κ1) is 23.0. The first-order chi connectivity index (χ1) is 13.9. The van der Waals surface area contributed by atoms with Crippen LogP contribution in [-0.2, 0) is 9.59 Å². The Morgan fingerprint density at radius 1 is 0.966 bits per heavy atom. The van der Waals surface area contributed by atoms with Gasteiger partial charge in [0.2, 0.25) is 0 Å². The van der Waals surface area contributed by atoms with Crippen LogP contribution in [0, 0.1) is 5.41 Å². The maximum atomic E-state index is 11.8. The molecule has 29 heavy (non-hydrogen) atoms. The maximum absolute atomic E-state index is 11.8. The molecule has 0 spiro atoms. The average molecular weight is 402 g/mol. The Morgan fingerprint density at radius 3 is 2.07 bits per heavy atom. The van der Waals surface area contributed by atoms with Gasteiger partial charge in [0.1, 0.15) is 17.3 Å². The molecule has 0 saturated heterocycles. The number of rotatable bonds is 6. The minimum Gasteiger partial charge on any atom is -0.494 e. The van der Waals surface area contributed by atoms with Gasteiger partial charge < -0.3 is 20.1 Å². The van der Waals surface area contributed by atoms with Gasteiger partial charge >= 0.3 is 0 Å². The standard InChI is InChI=1S/C18H18O3.C5H12O3/c1-2-21-17-8-7-12-5-3-4-6-16(12)18(17)13-9-14(19)11-15(20)10-13;1-5(2-6,3-7)4-8/h3-8,13H,2,9-11H2,1H3;6-8H,2-4H2,1H3. The lowest BCUT2D eigenvalue weighted by molar-refractivity contribution is -0.130. The maximum Gasteiger partial charge on any atom is 0.140 e. The highest BCUT2D eigenvalue weighted by Gasteiger charge is 2.29. The van der Waals surface area contributed by atoms with E-state index in [0.717, 1.165) is 22.1 Å². The van der Waals surface area contributed by atoms with Gasteiger partial charge in [0.25, 0.3) is 0 Å². The molecule has 3 N–H and O–H groups in total. The molecule has 0 amide bonds. The predicted octanol–water partition coefficient (Wildman–Crippen LogP) is 2.61. The molecule has 2 aromatic rings. The molecule has 6 nitrogen and oxygen atoms in total. The van der Waals surface area contributed by atoms with E-state index in [4.69, 9.17) is 20.1 Å². The summed E-state index contributed by atoms with van der Waals surface area (Å²) in [4.78, 5) is 23.6. The fourth-order valence-electron chi connectivity index (χ4n) is 3.32. The quantitative estimate of drug-likeness (QED) is 0.642. The van der Waals surface area contributed by atoms with Crippen molar-refractivity contribution in [3.05, 3.63) is 42.0 Å². The molecule has 0 bridgehead atoms. The number of ether oxygens (including phenoxy) is 1. The second-order valence-corrected chi connectivity index (χ2v) is 7.78. The number of carbonyl (C=O) groups is 2. The molecule has 1 aliphatic rings. The third kappa shape index (κ3) is 5.85. The number of hydrogen-bond acceptors (Lipinski definition) is 6. The number of benzene rings is 2. The van der Waals surface area contributed by atoms with Crippen molar-refractivity contribution in [1.82, 2.24) is 0 Å². The molecule has 1 fully saturated rings. The second kappa shape index (κ2) is 10.5. The largest absolute Gasteiger partial charge is 0.494 e. The Labute approximate surface area is 171 Å². The summed E-state index contributed by atoms with van der Waals surface area (Å²) >= 11 is 0. The van der Waals surface area contributed by atoms with E-state index in [1.165, 1.54) is 0 Å². The van der Waals surface area contributed by atoms with E-state index in [9.17, 15) is 9.59 Å². The van der Waals surface area contributed by atoms with Gasteiger partial charge in [0.15, 0.2) is 0 Å². The molecule has 0 aromatic heterocycles. The minimum absolute atomic E-state index is 0.0339. The van der Waals surface area contributed by atoms with E-state index < -0.39 is 5.41 Å². The summed E-state index contributed by atoms with van der Waals surface area (Å²) in [6.07, 6.45) is 0.949. The van der Waals surface area contributed by atoms with E-state index >= 15 is 0 Å². The summed E-state index contributed by atoms with van der Waals surface area (Å²) in [5, 5.41) is 27.6. The van der Waals surface area contributed by atoms with Crippen LogP contribution in [-0.4, -0.2) is 53.3 Å². The molecule has 0 radical (unpaired) electrons. The highest BCUT2D eigenvalue weighted by Crippen LogP contribution is 2.40. The molecule has 3 rings (SSSR count). The molecule has 1 saturated carbocycles. The van der Waals surface area contributed by atoms with Gasteiger partial charge in [-0.15, -0.1) is 0 Å². The molecule has 6 heteroatoms. The molecule has 0 heterocycles. The summed E-state index contributed by atoms with van der Waals surface area (Å²) in [6.45, 7) is 3.57. The lowest BCUT2D eigenvalue weighted by atomic mass is 9.80. The molecule has 0 atom stereocenters. The number of aliphatic hydroxyl groups excluding tert-OH is 3. The average Bonchev–Trinajstić information content (AvgIpc) is 2.73. The molecule has 0 unspecified atom stereocenters. The van der Waals surface area contributed by atoms with Crippen molar-refractivity contribution in [2.45, 2.75) is 39.0 Å². The summed E-state index contributed by atoms with van der Waals surface area (Å²) in [7, 11) is 0. The zero-order valence-corrected chi connectivity index (χ0v) is 17.1.